The van der Waals surface area contributed by atoms with Crippen molar-refractivity contribution in [3.05, 3.63) is 90.3 Å². The topological polar surface area (TPSA) is 79.8 Å². The molecule has 0 radical (unpaired) electrons. The molecule has 0 bridgehead atoms. The fourth-order valence-corrected chi connectivity index (χ4v) is 4.60. The molecule has 0 heterocycles. The highest BCUT2D eigenvalue weighted by atomic mass is 79.9. The first-order valence-corrected chi connectivity index (χ1v) is 12.2. The van der Waals surface area contributed by atoms with Crippen molar-refractivity contribution in [1.29, 1.82) is 0 Å². The Bertz CT molecular complexity index is 1310. The van der Waals surface area contributed by atoms with Crippen LogP contribution in [-0.2, 0) is 11.0 Å². The second-order valence-electron chi connectivity index (χ2n) is 7.02. The Morgan fingerprint density at radius 2 is 1.67 bits per heavy atom. The molecule has 3 aromatic carbocycles. The summed E-state index contributed by atoms with van der Waals surface area (Å²) in [4.78, 5) is 24.4. The SMILES string of the molecule is O=C(COc1c(Br)cc(/C=N/NC(=O)c2ccccc2C(F)(F)F)cc1Br)Nc1ccc(Cl)c(Cl)c1. The number of carbonyl (C=O) groups excluding carboxylic acids is 2. The van der Waals surface area contributed by atoms with Crippen LogP contribution in [0.2, 0.25) is 10.0 Å². The number of benzene rings is 3. The van der Waals surface area contributed by atoms with Gasteiger partial charge in [0, 0.05) is 5.69 Å². The lowest BCUT2D eigenvalue weighted by atomic mass is 10.1. The van der Waals surface area contributed by atoms with E-state index in [0.717, 1.165) is 12.1 Å². The average molecular weight is 668 g/mol. The fourth-order valence-electron chi connectivity index (χ4n) is 2.85. The Labute approximate surface area is 230 Å². The van der Waals surface area contributed by atoms with E-state index < -0.39 is 29.1 Å². The molecule has 0 saturated carbocycles. The van der Waals surface area contributed by atoms with Gasteiger partial charge in [-0.1, -0.05) is 35.3 Å². The highest BCUT2D eigenvalue weighted by molar-refractivity contribution is 9.11. The van der Waals surface area contributed by atoms with Crippen LogP contribution >= 0.6 is 55.1 Å². The number of hydrogen-bond donors (Lipinski definition) is 2. The molecule has 0 aromatic heterocycles. The van der Waals surface area contributed by atoms with Crippen LogP contribution in [0.5, 0.6) is 5.75 Å². The van der Waals surface area contributed by atoms with Crippen molar-refractivity contribution < 1.29 is 27.5 Å². The van der Waals surface area contributed by atoms with Crippen molar-refractivity contribution >= 4 is 78.8 Å². The number of rotatable bonds is 7. The number of amides is 2. The highest BCUT2D eigenvalue weighted by Crippen LogP contribution is 2.35. The number of carbonyl (C=O) groups is 2. The summed E-state index contributed by atoms with van der Waals surface area (Å²) in [5.74, 6) is -1.13. The minimum atomic E-state index is -4.68. The van der Waals surface area contributed by atoms with E-state index in [4.69, 9.17) is 27.9 Å². The van der Waals surface area contributed by atoms with Gasteiger partial charge in [-0.3, -0.25) is 9.59 Å². The van der Waals surface area contributed by atoms with E-state index in [2.05, 4.69) is 47.7 Å². The Morgan fingerprint density at radius 1 is 1.00 bits per heavy atom. The van der Waals surface area contributed by atoms with E-state index in [-0.39, 0.29) is 6.61 Å². The highest BCUT2D eigenvalue weighted by Gasteiger charge is 2.34. The molecule has 0 aliphatic rings. The number of ether oxygens (including phenoxy) is 1. The van der Waals surface area contributed by atoms with Crippen LogP contribution in [-0.4, -0.2) is 24.6 Å². The van der Waals surface area contributed by atoms with Gasteiger partial charge in [0.15, 0.2) is 6.61 Å². The van der Waals surface area contributed by atoms with Gasteiger partial charge in [0.1, 0.15) is 5.75 Å². The number of halogens is 7. The first-order valence-electron chi connectivity index (χ1n) is 9.82. The van der Waals surface area contributed by atoms with Crippen LogP contribution in [0.1, 0.15) is 21.5 Å². The van der Waals surface area contributed by atoms with Gasteiger partial charge in [-0.05, 0) is 79.9 Å². The first kappa shape index (κ1) is 28.0. The summed E-state index contributed by atoms with van der Waals surface area (Å²) in [7, 11) is 0. The maximum absolute atomic E-state index is 13.1. The lowest BCUT2D eigenvalue weighted by molar-refractivity contribution is -0.138. The van der Waals surface area contributed by atoms with Crippen molar-refractivity contribution in [3.63, 3.8) is 0 Å². The zero-order valence-corrected chi connectivity index (χ0v) is 22.5. The monoisotopic (exact) mass is 665 g/mol. The number of hydrazone groups is 1. The van der Waals surface area contributed by atoms with E-state index >= 15 is 0 Å². The number of nitrogens with zero attached hydrogens (tertiary/aromatic N) is 1. The van der Waals surface area contributed by atoms with Gasteiger partial charge in [0.2, 0.25) is 0 Å². The molecule has 3 rings (SSSR count). The Balaban J connectivity index is 1.62. The summed E-state index contributed by atoms with van der Waals surface area (Å²) < 4.78 is 45.8. The first-order chi connectivity index (χ1) is 17.0. The minimum Gasteiger partial charge on any atom is -0.481 e. The van der Waals surface area contributed by atoms with E-state index in [9.17, 15) is 22.8 Å². The number of anilines is 1. The van der Waals surface area contributed by atoms with E-state index in [1.807, 2.05) is 0 Å². The van der Waals surface area contributed by atoms with Crippen molar-refractivity contribution in [3.8, 4) is 5.75 Å². The van der Waals surface area contributed by atoms with Crippen LogP contribution in [0.4, 0.5) is 18.9 Å². The van der Waals surface area contributed by atoms with Crippen LogP contribution < -0.4 is 15.5 Å². The summed E-state index contributed by atoms with van der Waals surface area (Å²) in [6, 6.07) is 12.2. The molecule has 0 atom stereocenters. The van der Waals surface area contributed by atoms with Gasteiger partial charge in [-0.2, -0.15) is 18.3 Å². The summed E-state index contributed by atoms with van der Waals surface area (Å²) in [6.45, 7) is -0.320. The van der Waals surface area contributed by atoms with Gasteiger partial charge in [0.05, 0.1) is 36.3 Å². The average Bonchev–Trinajstić information content (AvgIpc) is 2.80. The summed E-state index contributed by atoms with van der Waals surface area (Å²) >= 11 is 18.4. The molecule has 0 saturated heterocycles. The molecule has 13 heteroatoms. The predicted octanol–water partition coefficient (Wildman–Crippen LogP) is 7.32. The quantitative estimate of drug-likeness (QED) is 0.205. The van der Waals surface area contributed by atoms with Gasteiger partial charge < -0.3 is 10.1 Å². The molecule has 0 spiro atoms. The van der Waals surface area contributed by atoms with Crippen molar-refractivity contribution in [2.45, 2.75) is 6.18 Å². The molecule has 0 aliphatic carbocycles. The van der Waals surface area contributed by atoms with Crippen molar-refractivity contribution in [2.24, 2.45) is 5.10 Å². The number of hydrogen-bond acceptors (Lipinski definition) is 4. The van der Waals surface area contributed by atoms with Gasteiger partial charge in [-0.25, -0.2) is 5.43 Å². The third-order valence-electron chi connectivity index (χ3n) is 4.43. The molecule has 0 unspecified atom stereocenters. The molecular formula is C23H14Br2Cl2F3N3O3. The van der Waals surface area contributed by atoms with Gasteiger partial charge in [-0.15, -0.1) is 0 Å². The van der Waals surface area contributed by atoms with Crippen molar-refractivity contribution in [1.82, 2.24) is 5.43 Å². The largest absolute Gasteiger partial charge is 0.481 e. The minimum absolute atomic E-state index is 0.291. The van der Waals surface area contributed by atoms with E-state index in [0.29, 0.717) is 36.0 Å². The number of alkyl halides is 3. The van der Waals surface area contributed by atoms with Crippen LogP contribution in [0.25, 0.3) is 0 Å². The van der Waals surface area contributed by atoms with Crippen molar-refractivity contribution in [2.75, 3.05) is 11.9 Å². The lowest BCUT2D eigenvalue weighted by Crippen LogP contribution is -2.22. The zero-order valence-electron chi connectivity index (χ0n) is 17.8. The van der Waals surface area contributed by atoms with Gasteiger partial charge >= 0.3 is 6.18 Å². The molecule has 0 fully saturated rings. The molecule has 0 aliphatic heterocycles. The summed E-state index contributed by atoms with van der Waals surface area (Å²) in [6.07, 6.45) is -3.44. The van der Waals surface area contributed by atoms with Crippen LogP contribution in [0.3, 0.4) is 0 Å². The van der Waals surface area contributed by atoms with Crippen LogP contribution in [0.15, 0.2) is 68.6 Å². The Kier molecular flexibility index (Phi) is 9.40. The molecule has 188 valence electrons. The molecule has 36 heavy (non-hydrogen) atoms. The third-order valence-corrected chi connectivity index (χ3v) is 6.35. The Hall–Kier alpha value is -2.60. The zero-order chi connectivity index (χ0) is 26.5. The van der Waals surface area contributed by atoms with E-state index in [1.165, 1.54) is 24.4 Å². The summed E-state index contributed by atoms with van der Waals surface area (Å²) in [5.41, 5.74) is 1.40. The van der Waals surface area contributed by atoms with Crippen LogP contribution in [0, 0.1) is 0 Å². The predicted molar refractivity (Wildman–Crippen MR) is 139 cm³/mol. The maximum Gasteiger partial charge on any atom is 0.417 e. The second-order valence-corrected chi connectivity index (χ2v) is 9.54. The third kappa shape index (κ3) is 7.45. The smallest absolute Gasteiger partial charge is 0.417 e. The Morgan fingerprint density at radius 3 is 2.31 bits per heavy atom. The fraction of sp³-hybridized carbons (Fsp3) is 0.0870. The lowest BCUT2D eigenvalue weighted by Gasteiger charge is -2.12. The molecule has 6 nitrogen and oxygen atoms in total. The second kappa shape index (κ2) is 12.1. The maximum atomic E-state index is 13.1. The molecule has 3 aromatic rings. The normalized spacial score (nSPS) is 11.4. The summed E-state index contributed by atoms with van der Waals surface area (Å²) in [5, 5.41) is 7.00. The van der Waals surface area contributed by atoms with Gasteiger partial charge in [0.25, 0.3) is 11.8 Å². The number of nitrogens with one attached hydrogen (secondary N) is 2. The molecular weight excluding hydrogens is 654 g/mol. The molecule has 2 N–H and O–H groups in total. The van der Waals surface area contributed by atoms with E-state index in [1.54, 1.807) is 24.3 Å². The standard InChI is InChI=1S/C23H14Br2Cl2F3N3O3/c24-16-7-12(10-31-33-22(35)14-3-1-2-4-15(14)23(28,29)30)8-17(25)21(16)36-11-20(34)32-13-5-6-18(26)19(27)9-13/h1-10H,11H2,(H,32,34)(H,33,35)/b31-10+. The molecule has 2 amide bonds.